The molecule has 0 atom stereocenters. The van der Waals surface area contributed by atoms with Gasteiger partial charge in [0.15, 0.2) is 0 Å². The first kappa shape index (κ1) is 10.7. The fraction of sp³-hybridized carbons (Fsp3) is 0.308. The van der Waals surface area contributed by atoms with Gasteiger partial charge in [-0.25, -0.2) is 0 Å². The van der Waals surface area contributed by atoms with Crippen molar-refractivity contribution >= 4 is 0 Å². The third-order valence-corrected chi connectivity index (χ3v) is 2.28. The number of rotatable bonds is 5. The van der Waals surface area contributed by atoms with Crippen LogP contribution in [0.25, 0.3) is 11.3 Å². The Morgan fingerprint density at radius 3 is 2.81 bits per heavy atom. The van der Waals surface area contributed by atoms with Crippen molar-refractivity contribution in [3.05, 3.63) is 36.6 Å². The molecule has 0 amide bonds. The van der Waals surface area contributed by atoms with E-state index in [1.807, 2.05) is 30.3 Å². The number of nitrogens with zero attached hydrogens (tertiary/aromatic N) is 1. The minimum atomic E-state index is 0.354. The molecule has 1 heterocycles. The maximum absolute atomic E-state index is 5.37. The van der Waals surface area contributed by atoms with Gasteiger partial charge in [-0.05, 0) is 6.42 Å². The Hall–Kier alpha value is -1.77. The Morgan fingerprint density at radius 1 is 1.25 bits per heavy atom. The predicted octanol–water partition coefficient (Wildman–Crippen LogP) is 3.52. The number of benzene rings is 1. The fourth-order valence-electron chi connectivity index (χ4n) is 1.37. The second-order valence-electron chi connectivity index (χ2n) is 3.57. The van der Waals surface area contributed by atoms with Gasteiger partial charge in [-0.15, -0.1) is 0 Å². The molecule has 2 rings (SSSR count). The summed E-state index contributed by atoms with van der Waals surface area (Å²) in [5.74, 6) is 0. The van der Waals surface area contributed by atoms with Gasteiger partial charge in [0.1, 0.15) is 12.0 Å². The van der Waals surface area contributed by atoms with Gasteiger partial charge >= 0.3 is 6.08 Å². The normalized spacial score (nSPS) is 10.3. The van der Waals surface area contributed by atoms with Crippen LogP contribution in [-0.4, -0.2) is 11.6 Å². The van der Waals surface area contributed by atoms with Crippen molar-refractivity contribution < 1.29 is 9.15 Å². The molecule has 84 valence electrons. The Labute approximate surface area is 95.1 Å². The van der Waals surface area contributed by atoms with Crippen LogP contribution in [0.2, 0.25) is 0 Å². The van der Waals surface area contributed by atoms with Gasteiger partial charge in [-0.2, -0.15) is 4.98 Å². The molecule has 0 fully saturated rings. The van der Waals surface area contributed by atoms with E-state index < -0.39 is 0 Å². The topological polar surface area (TPSA) is 35.3 Å². The number of oxazole rings is 1. The molecule has 0 N–H and O–H groups in total. The van der Waals surface area contributed by atoms with Crippen LogP contribution in [-0.2, 0) is 0 Å². The van der Waals surface area contributed by atoms with Crippen molar-refractivity contribution in [2.75, 3.05) is 6.61 Å². The molecule has 0 aliphatic rings. The molecule has 0 bridgehead atoms. The van der Waals surface area contributed by atoms with Crippen LogP contribution in [0.15, 0.2) is 41.0 Å². The zero-order chi connectivity index (χ0) is 11.2. The summed E-state index contributed by atoms with van der Waals surface area (Å²) in [5, 5.41) is 0. The summed E-state index contributed by atoms with van der Waals surface area (Å²) in [6.07, 6.45) is 4.10. The molecule has 3 heteroatoms. The minimum absolute atomic E-state index is 0.354. The maximum atomic E-state index is 5.37. The van der Waals surface area contributed by atoms with Gasteiger partial charge in [0.25, 0.3) is 0 Å². The van der Waals surface area contributed by atoms with Gasteiger partial charge < -0.3 is 9.15 Å². The molecular weight excluding hydrogens is 202 g/mol. The number of hydrogen-bond acceptors (Lipinski definition) is 3. The fourth-order valence-corrected chi connectivity index (χ4v) is 1.37. The molecule has 0 saturated heterocycles. The Balaban J connectivity index is 2.02. The average Bonchev–Trinajstić information content (AvgIpc) is 2.79. The molecule has 0 saturated carbocycles. The van der Waals surface area contributed by atoms with Crippen LogP contribution >= 0.6 is 0 Å². The summed E-state index contributed by atoms with van der Waals surface area (Å²) in [4.78, 5) is 4.26. The highest BCUT2D eigenvalue weighted by Gasteiger charge is 2.05. The molecular formula is C13H15NO2. The molecule has 0 aliphatic heterocycles. The largest absolute Gasteiger partial charge is 0.450 e. The number of aromatic nitrogens is 1. The molecule has 0 radical (unpaired) electrons. The maximum Gasteiger partial charge on any atom is 0.394 e. The van der Waals surface area contributed by atoms with Crippen molar-refractivity contribution in [2.45, 2.75) is 19.8 Å². The lowest BCUT2D eigenvalue weighted by Crippen LogP contribution is -1.96. The highest BCUT2D eigenvalue weighted by molar-refractivity contribution is 5.57. The van der Waals surface area contributed by atoms with Crippen molar-refractivity contribution in [1.82, 2.24) is 4.98 Å². The van der Waals surface area contributed by atoms with E-state index in [-0.39, 0.29) is 0 Å². The van der Waals surface area contributed by atoms with Crippen LogP contribution in [0.1, 0.15) is 19.8 Å². The van der Waals surface area contributed by atoms with Gasteiger partial charge in [0, 0.05) is 5.56 Å². The third kappa shape index (κ3) is 2.63. The molecule has 1 aromatic carbocycles. The summed E-state index contributed by atoms with van der Waals surface area (Å²) in [6.45, 7) is 2.78. The molecule has 2 aromatic rings. The van der Waals surface area contributed by atoms with Crippen LogP contribution in [0.3, 0.4) is 0 Å². The second kappa shape index (κ2) is 5.35. The lowest BCUT2D eigenvalue weighted by atomic mass is 10.2. The number of unbranched alkanes of at least 4 members (excludes halogenated alkanes) is 1. The second-order valence-corrected chi connectivity index (χ2v) is 3.57. The van der Waals surface area contributed by atoms with Crippen molar-refractivity contribution in [2.24, 2.45) is 0 Å². The van der Waals surface area contributed by atoms with Crippen LogP contribution < -0.4 is 4.74 Å². The average molecular weight is 217 g/mol. The van der Waals surface area contributed by atoms with Crippen molar-refractivity contribution in [1.29, 1.82) is 0 Å². The first-order chi connectivity index (χ1) is 7.90. The van der Waals surface area contributed by atoms with Crippen LogP contribution in [0.4, 0.5) is 0 Å². The zero-order valence-electron chi connectivity index (χ0n) is 9.35. The Bertz CT molecular complexity index is 423. The lowest BCUT2D eigenvalue weighted by molar-refractivity contribution is 0.226. The monoisotopic (exact) mass is 217 g/mol. The summed E-state index contributed by atoms with van der Waals surface area (Å²) in [7, 11) is 0. The van der Waals surface area contributed by atoms with Crippen molar-refractivity contribution in [3.8, 4) is 17.3 Å². The summed E-state index contributed by atoms with van der Waals surface area (Å²) in [6, 6.07) is 9.91. The molecule has 0 unspecified atom stereocenters. The SMILES string of the molecule is CCCCOc1nc(-c2ccccc2)co1. The van der Waals surface area contributed by atoms with Gasteiger partial charge in [0.2, 0.25) is 0 Å². The first-order valence-electron chi connectivity index (χ1n) is 5.54. The van der Waals surface area contributed by atoms with Gasteiger partial charge in [-0.1, -0.05) is 43.7 Å². The van der Waals surface area contributed by atoms with E-state index in [2.05, 4.69) is 11.9 Å². The highest BCUT2D eigenvalue weighted by atomic mass is 16.6. The summed E-state index contributed by atoms with van der Waals surface area (Å²) < 4.78 is 10.6. The Kier molecular flexibility index (Phi) is 3.59. The van der Waals surface area contributed by atoms with E-state index >= 15 is 0 Å². The third-order valence-electron chi connectivity index (χ3n) is 2.28. The van der Waals surface area contributed by atoms with Crippen LogP contribution in [0, 0.1) is 0 Å². The molecule has 0 aliphatic carbocycles. The summed E-state index contributed by atoms with van der Waals surface area (Å²) in [5.41, 5.74) is 1.85. The van der Waals surface area contributed by atoms with Crippen LogP contribution in [0.5, 0.6) is 6.08 Å². The lowest BCUT2D eigenvalue weighted by Gasteiger charge is -1.97. The van der Waals surface area contributed by atoms with Crippen molar-refractivity contribution in [3.63, 3.8) is 0 Å². The van der Waals surface area contributed by atoms with E-state index in [4.69, 9.17) is 9.15 Å². The van der Waals surface area contributed by atoms with Gasteiger partial charge in [0.05, 0.1) is 6.61 Å². The van der Waals surface area contributed by atoms with E-state index in [0.717, 1.165) is 24.1 Å². The first-order valence-corrected chi connectivity index (χ1v) is 5.54. The standard InChI is InChI=1S/C13H15NO2/c1-2-3-9-15-13-14-12(10-16-13)11-7-5-4-6-8-11/h4-8,10H,2-3,9H2,1H3. The highest BCUT2D eigenvalue weighted by Crippen LogP contribution is 2.21. The quantitative estimate of drug-likeness (QED) is 0.719. The van der Waals surface area contributed by atoms with Gasteiger partial charge in [-0.3, -0.25) is 0 Å². The molecule has 0 spiro atoms. The van der Waals surface area contributed by atoms with E-state index in [1.165, 1.54) is 0 Å². The molecule has 3 nitrogen and oxygen atoms in total. The smallest absolute Gasteiger partial charge is 0.394 e. The summed E-state index contributed by atoms with van der Waals surface area (Å²) >= 11 is 0. The molecule has 16 heavy (non-hydrogen) atoms. The molecule has 1 aromatic heterocycles. The Morgan fingerprint density at radius 2 is 2.06 bits per heavy atom. The van der Waals surface area contributed by atoms with E-state index in [9.17, 15) is 0 Å². The van der Waals surface area contributed by atoms with E-state index in [0.29, 0.717) is 12.7 Å². The predicted molar refractivity (Wildman–Crippen MR) is 62.3 cm³/mol. The van der Waals surface area contributed by atoms with E-state index in [1.54, 1.807) is 6.26 Å². The minimum Gasteiger partial charge on any atom is -0.450 e. The number of ether oxygens (including phenoxy) is 1. The zero-order valence-corrected chi connectivity index (χ0v) is 9.35. The number of hydrogen-bond donors (Lipinski definition) is 0.